The van der Waals surface area contributed by atoms with Crippen LogP contribution in [0.2, 0.25) is 0 Å². The van der Waals surface area contributed by atoms with Crippen LogP contribution >= 0.6 is 11.8 Å². The van der Waals surface area contributed by atoms with Crippen molar-refractivity contribution in [2.24, 2.45) is 16.1 Å². The van der Waals surface area contributed by atoms with E-state index in [1.807, 2.05) is 53.2 Å². The van der Waals surface area contributed by atoms with Gasteiger partial charge < -0.3 is 0 Å². The highest BCUT2D eigenvalue weighted by Crippen LogP contribution is 2.24. The molecule has 2 aliphatic rings. The van der Waals surface area contributed by atoms with Crippen LogP contribution in [0.15, 0.2) is 65.2 Å². The van der Waals surface area contributed by atoms with Crippen LogP contribution < -0.4 is 9.89 Å². The average Bonchev–Trinajstić information content (AvgIpc) is 3.33. The van der Waals surface area contributed by atoms with E-state index in [4.69, 9.17) is 0 Å². The van der Waals surface area contributed by atoms with E-state index in [-0.39, 0.29) is 5.91 Å². The van der Waals surface area contributed by atoms with Gasteiger partial charge in [-0.2, -0.15) is 4.90 Å². The quantitative estimate of drug-likeness (QED) is 0.719. The fourth-order valence-electron chi connectivity index (χ4n) is 3.00. The Morgan fingerprint density at radius 3 is 2.93 bits per heavy atom. The minimum atomic E-state index is -0.464. The Balaban J connectivity index is 1.47. The topological polar surface area (TPSA) is 89.2 Å². The number of amidine groups is 2. The van der Waals surface area contributed by atoms with Crippen molar-refractivity contribution in [3.63, 3.8) is 0 Å². The van der Waals surface area contributed by atoms with Gasteiger partial charge >= 0.3 is 5.91 Å². The van der Waals surface area contributed by atoms with E-state index in [1.165, 1.54) is 11.8 Å². The van der Waals surface area contributed by atoms with Gasteiger partial charge in [0, 0.05) is 29.4 Å². The Morgan fingerprint density at radius 2 is 2.07 bits per heavy atom. The van der Waals surface area contributed by atoms with E-state index in [2.05, 4.69) is 25.2 Å². The van der Waals surface area contributed by atoms with Gasteiger partial charge in [0.15, 0.2) is 5.92 Å². The van der Waals surface area contributed by atoms with Gasteiger partial charge in [0.1, 0.15) is 5.69 Å². The minimum absolute atomic E-state index is 0.0703. The third-order valence-electron chi connectivity index (χ3n) is 4.26. The summed E-state index contributed by atoms with van der Waals surface area (Å²) >= 11 is 1.49. The van der Waals surface area contributed by atoms with E-state index in [1.54, 1.807) is 17.3 Å². The number of carbonyl (C=O) groups excluding carboxylic acids is 1. The number of anilines is 1. The Kier molecular flexibility index (Phi) is 3.79. The van der Waals surface area contributed by atoms with E-state index < -0.39 is 5.92 Å². The van der Waals surface area contributed by atoms with Crippen LogP contribution in [0, 0.1) is 5.92 Å². The molecule has 1 aromatic carbocycles. The van der Waals surface area contributed by atoms with E-state index in [0.29, 0.717) is 22.5 Å². The second-order valence-corrected chi connectivity index (χ2v) is 6.98. The summed E-state index contributed by atoms with van der Waals surface area (Å²) in [6, 6.07) is 11.4. The molecule has 4 heterocycles. The number of carbonyl (C=O) groups is 1. The first kappa shape index (κ1) is 15.9. The van der Waals surface area contributed by atoms with Gasteiger partial charge in [0.05, 0.1) is 11.9 Å². The van der Waals surface area contributed by atoms with Gasteiger partial charge in [0.2, 0.25) is 5.78 Å². The summed E-state index contributed by atoms with van der Waals surface area (Å²) in [4.78, 5) is 26.7. The maximum absolute atomic E-state index is 13.0. The summed E-state index contributed by atoms with van der Waals surface area (Å²) in [6.07, 6.45) is 7.12. The van der Waals surface area contributed by atoms with Crippen molar-refractivity contribution < 1.29 is 9.79 Å². The number of benzene rings is 1. The first-order valence-corrected chi connectivity index (χ1v) is 9.33. The normalized spacial score (nSPS) is 18.6. The molecule has 1 unspecified atom stereocenters. The zero-order chi connectivity index (χ0) is 18.2. The molecule has 132 valence electrons. The summed E-state index contributed by atoms with van der Waals surface area (Å²) in [5.41, 5.74) is 1.67. The molecule has 9 heteroatoms. The van der Waals surface area contributed by atoms with E-state index >= 15 is 0 Å². The second kappa shape index (κ2) is 6.44. The molecule has 27 heavy (non-hydrogen) atoms. The fraction of sp³-hybridized carbons (Fsp3) is 0.111. The molecule has 2 aliphatic heterocycles. The SMILES string of the molecule is O=C1C2C=NN=C2[NH+]=C(SCc2cn3cccnc3n2)N1c1ccccc1. The van der Waals surface area contributed by atoms with Crippen molar-refractivity contribution in [3.8, 4) is 0 Å². The van der Waals surface area contributed by atoms with Crippen molar-refractivity contribution in [2.75, 3.05) is 4.90 Å². The second-order valence-electron chi connectivity index (χ2n) is 6.01. The van der Waals surface area contributed by atoms with Crippen LogP contribution in [-0.2, 0) is 10.5 Å². The van der Waals surface area contributed by atoms with Crippen LogP contribution in [0.3, 0.4) is 0 Å². The molecule has 1 atom stereocenters. The highest BCUT2D eigenvalue weighted by atomic mass is 32.2. The Hall–Kier alpha value is -3.33. The molecule has 1 N–H and O–H groups in total. The number of rotatable bonds is 3. The predicted octanol–water partition coefficient (Wildman–Crippen LogP) is 0.460. The molecule has 0 fully saturated rings. The van der Waals surface area contributed by atoms with Crippen molar-refractivity contribution >= 4 is 46.4 Å². The van der Waals surface area contributed by atoms with Gasteiger partial charge in [-0.05, 0) is 30.0 Å². The Morgan fingerprint density at radius 1 is 1.19 bits per heavy atom. The van der Waals surface area contributed by atoms with Gasteiger partial charge in [-0.1, -0.05) is 23.3 Å². The molecule has 3 aromatic rings. The summed E-state index contributed by atoms with van der Waals surface area (Å²) < 4.78 is 1.87. The minimum Gasteiger partial charge on any atom is -0.291 e. The van der Waals surface area contributed by atoms with Gasteiger partial charge in [-0.15, -0.1) is 0 Å². The van der Waals surface area contributed by atoms with Crippen LogP contribution in [0.1, 0.15) is 5.69 Å². The molecule has 2 aromatic heterocycles. The van der Waals surface area contributed by atoms with Crippen molar-refractivity contribution in [1.82, 2.24) is 14.4 Å². The van der Waals surface area contributed by atoms with Crippen LogP contribution in [-0.4, -0.2) is 37.5 Å². The monoisotopic (exact) mass is 376 g/mol. The molecule has 0 saturated carbocycles. The third kappa shape index (κ3) is 2.81. The van der Waals surface area contributed by atoms with Gasteiger partial charge in [-0.3, -0.25) is 9.20 Å². The van der Waals surface area contributed by atoms with Gasteiger partial charge in [-0.25, -0.2) is 15.0 Å². The number of thioether (sulfide) groups is 1. The lowest BCUT2D eigenvalue weighted by Crippen LogP contribution is -2.85. The average molecular weight is 376 g/mol. The molecule has 5 rings (SSSR count). The maximum Gasteiger partial charge on any atom is 0.307 e. The zero-order valence-electron chi connectivity index (χ0n) is 14.1. The number of imidazole rings is 1. The number of fused-ring (bicyclic) bond motifs is 2. The van der Waals surface area contributed by atoms with Crippen molar-refractivity contribution in [3.05, 3.63) is 60.7 Å². The number of amides is 1. The molecule has 0 bridgehead atoms. The van der Waals surface area contributed by atoms with Crippen molar-refractivity contribution in [2.45, 2.75) is 5.75 Å². The number of hydrogen-bond donors (Lipinski definition) is 1. The molecule has 0 radical (unpaired) electrons. The third-order valence-corrected chi connectivity index (χ3v) is 5.26. The first-order chi connectivity index (χ1) is 13.3. The number of nitrogens with zero attached hydrogens (tertiary/aromatic N) is 6. The van der Waals surface area contributed by atoms with Crippen LogP contribution in [0.25, 0.3) is 5.78 Å². The summed E-state index contributed by atoms with van der Waals surface area (Å²) in [6.45, 7) is 0. The zero-order valence-corrected chi connectivity index (χ0v) is 14.9. The van der Waals surface area contributed by atoms with E-state index in [0.717, 1.165) is 11.4 Å². The number of aromatic nitrogens is 3. The Bertz CT molecular complexity index is 1090. The molecule has 0 saturated heterocycles. The largest absolute Gasteiger partial charge is 0.307 e. The standard InChI is InChI=1S/C18H13N7OS/c26-16-14-9-20-23-15(14)22-18(25(16)13-5-2-1-3-6-13)27-11-12-10-24-8-4-7-19-17(24)21-12/h1-10,14H,11H2/p+1. The molecule has 1 amide bonds. The summed E-state index contributed by atoms with van der Waals surface area (Å²) in [5.74, 6) is 1.26. The Labute approximate surface area is 158 Å². The smallest absolute Gasteiger partial charge is 0.291 e. The molecule has 0 spiro atoms. The summed E-state index contributed by atoms with van der Waals surface area (Å²) in [5, 5.41) is 8.63. The number of nitrogens with one attached hydrogen (secondary N) is 1. The molecule has 0 aliphatic carbocycles. The first-order valence-electron chi connectivity index (χ1n) is 8.35. The van der Waals surface area contributed by atoms with Crippen LogP contribution in [0.4, 0.5) is 5.69 Å². The van der Waals surface area contributed by atoms with Crippen LogP contribution in [0.5, 0.6) is 0 Å². The maximum atomic E-state index is 13.0. The molecular weight excluding hydrogens is 362 g/mol. The fourth-order valence-corrected chi connectivity index (χ4v) is 3.92. The van der Waals surface area contributed by atoms with Crippen molar-refractivity contribution in [1.29, 1.82) is 0 Å². The lowest BCUT2D eigenvalue weighted by Gasteiger charge is -2.23. The lowest BCUT2D eigenvalue weighted by molar-refractivity contribution is -0.320. The predicted molar refractivity (Wildman–Crippen MR) is 104 cm³/mol. The molecule has 8 nitrogen and oxygen atoms in total. The van der Waals surface area contributed by atoms with Gasteiger partial charge in [0.25, 0.3) is 11.0 Å². The molecular formula is C18H14N7OS+. The highest BCUT2D eigenvalue weighted by molar-refractivity contribution is 8.13. The number of para-hydroxylation sites is 1. The summed E-state index contributed by atoms with van der Waals surface area (Å²) in [7, 11) is 0. The van der Waals surface area contributed by atoms with E-state index in [9.17, 15) is 4.79 Å². The number of hydrogen-bond acceptors (Lipinski definition) is 6. The lowest BCUT2D eigenvalue weighted by atomic mass is 10.1. The highest BCUT2D eigenvalue weighted by Gasteiger charge is 2.44.